The molecule has 108 valence electrons. The predicted molar refractivity (Wildman–Crippen MR) is 86.6 cm³/mol. The molecule has 0 spiro atoms. The van der Waals surface area contributed by atoms with E-state index in [4.69, 9.17) is 12.2 Å². The van der Waals surface area contributed by atoms with Crippen LogP contribution >= 0.6 is 12.2 Å². The molecular formula is C16H18N4S. The first-order valence-electron chi connectivity index (χ1n) is 7.42. The van der Waals surface area contributed by atoms with Gasteiger partial charge in [-0.15, -0.1) is 0 Å². The summed E-state index contributed by atoms with van der Waals surface area (Å²) in [5.74, 6) is 0. The van der Waals surface area contributed by atoms with Gasteiger partial charge in [0.05, 0.1) is 11.4 Å². The molecule has 2 aromatic heterocycles. The van der Waals surface area contributed by atoms with Crippen LogP contribution in [-0.2, 0) is 19.9 Å². The molecule has 4 rings (SSSR count). The highest BCUT2D eigenvalue weighted by Crippen LogP contribution is 2.30. The van der Waals surface area contributed by atoms with Crippen molar-refractivity contribution >= 4 is 23.4 Å². The average Bonchev–Trinajstić information content (AvgIpc) is 2.96. The zero-order valence-electron chi connectivity index (χ0n) is 12.3. The number of aromatic nitrogens is 4. The lowest BCUT2D eigenvalue weighted by molar-refractivity contribution is 0.679. The highest BCUT2D eigenvalue weighted by atomic mass is 32.1. The van der Waals surface area contributed by atoms with Crippen LogP contribution in [0.4, 0.5) is 0 Å². The number of aryl methyl sites for hydroxylation is 3. The molecule has 2 heterocycles. The van der Waals surface area contributed by atoms with Crippen LogP contribution in [0.5, 0.6) is 0 Å². The molecule has 1 aliphatic carbocycles. The zero-order chi connectivity index (χ0) is 14.6. The molecule has 0 bridgehead atoms. The Labute approximate surface area is 128 Å². The molecule has 4 nitrogen and oxygen atoms in total. The van der Waals surface area contributed by atoms with Crippen molar-refractivity contribution in [2.45, 2.75) is 32.6 Å². The quantitative estimate of drug-likeness (QED) is 0.697. The van der Waals surface area contributed by atoms with Crippen LogP contribution in [0.2, 0.25) is 0 Å². The predicted octanol–water partition coefficient (Wildman–Crippen LogP) is 3.61. The minimum Gasteiger partial charge on any atom is -0.327 e. The van der Waals surface area contributed by atoms with Gasteiger partial charge in [-0.2, -0.15) is 5.10 Å². The first-order chi connectivity index (χ1) is 10.2. The Bertz CT molecular complexity index is 897. The third-order valence-corrected chi connectivity index (χ3v) is 4.74. The molecule has 0 amide bonds. The fourth-order valence-electron chi connectivity index (χ4n) is 3.50. The summed E-state index contributed by atoms with van der Waals surface area (Å²) < 4.78 is 4.81. The molecule has 0 unspecified atom stereocenters. The smallest absolute Gasteiger partial charge is 0.184 e. The average molecular weight is 298 g/mol. The van der Waals surface area contributed by atoms with Gasteiger partial charge in [-0.3, -0.25) is 4.57 Å². The van der Waals surface area contributed by atoms with E-state index in [1.54, 1.807) is 0 Å². The molecule has 0 saturated carbocycles. The molecule has 0 aliphatic heterocycles. The van der Waals surface area contributed by atoms with Crippen LogP contribution in [0.3, 0.4) is 0 Å². The fraction of sp³-hybridized carbons (Fsp3) is 0.375. The molecule has 0 atom stereocenters. The number of imidazole rings is 1. The standard InChI is InChI=1S/C16H18N4S/c1-10-14-15(19(2)18-10)20(16(21)17-14)13-9-5-7-11-6-3-4-8-12(11)13/h5,7,9H,3-4,6,8H2,1-2H3,(H,17,21). The maximum Gasteiger partial charge on any atom is 0.184 e. The van der Waals surface area contributed by atoms with E-state index >= 15 is 0 Å². The highest BCUT2D eigenvalue weighted by Gasteiger charge is 2.19. The van der Waals surface area contributed by atoms with Crippen LogP contribution in [0.25, 0.3) is 16.9 Å². The van der Waals surface area contributed by atoms with Crippen molar-refractivity contribution in [1.82, 2.24) is 19.3 Å². The maximum atomic E-state index is 5.58. The van der Waals surface area contributed by atoms with Gasteiger partial charge in [0.25, 0.3) is 0 Å². The van der Waals surface area contributed by atoms with Crippen LogP contribution in [0.1, 0.15) is 29.7 Å². The second-order valence-corrected chi connectivity index (χ2v) is 6.18. The van der Waals surface area contributed by atoms with Crippen LogP contribution in [-0.4, -0.2) is 19.3 Å². The molecule has 0 radical (unpaired) electrons. The summed E-state index contributed by atoms with van der Waals surface area (Å²) in [7, 11) is 1.98. The van der Waals surface area contributed by atoms with Crippen LogP contribution in [0.15, 0.2) is 18.2 Å². The summed E-state index contributed by atoms with van der Waals surface area (Å²) in [6.07, 6.45) is 4.86. The van der Waals surface area contributed by atoms with E-state index in [0.717, 1.165) is 28.0 Å². The molecule has 5 heteroatoms. The van der Waals surface area contributed by atoms with Gasteiger partial charge < -0.3 is 4.98 Å². The van der Waals surface area contributed by atoms with E-state index in [0.29, 0.717) is 0 Å². The summed E-state index contributed by atoms with van der Waals surface area (Å²) in [4.78, 5) is 3.32. The van der Waals surface area contributed by atoms with Crippen molar-refractivity contribution < 1.29 is 0 Å². The van der Waals surface area contributed by atoms with E-state index in [9.17, 15) is 0 Å². The second kappa shape index (κ2) is 4.56. The van der Waals surface area contributed by atoms with Crippen molar-refractivity contribution in [3.63, 3.8) is 0 Å². The number of fused-ring (bicyclic) bond motifs is 2. The van der Waals surface area contributed by atoms with Gasteiger partial charge >= 0.3 is 0 Å². The summed E-state index contributed by atoms with van der Waals surface area (Å²) in [6, 6.07) is 6.57. The summed E-state index contributed by atoms with van der Waals surface area (Å²) in [6.45, 7) is 2.01. The van der Waals surface area contributed by atoms with Crippen molar-refractivity contribution in [2.24, 2.45) is 7.05 Å². The zero-order valence-corrected chi connectivity index (χ0v) is 13.1. The third kappa shape index (κ3) is 1.80. The number of nitrogens with zero attached hydrogens (tertiary/aromatic N) is 3. The van der Waals surface area contributed by atoms with Gasteiger partial charge in [0.15, 0.2) is 10.4 Å². The summed E-state index contributed by atoms with van der Waals surface area (Å²) >= 11 is 5.58. The van der Waals surface area contributed by atoms with E-state index in [2.05, 4.69) is 32.8 Å². The lowest BCUT2D eigenvalue weighted by Gasteiger charge is -2.20. The number of hydrogen-bond acceptors (Lipinski definition) is 2. The molecule has 1 N–H and O–H groups in total. The SMILES string of the molecule is Cc1nn(C)c2c1[nH]c(=S)n2-c1cccc2c1CCCC2. The van der Waals surface area contributed by atoms with Crippen LogP contribution in [0, 0.1) is 11.7 Å². The molecule has 1 aliphatic rings. The Morgan fingerprint density at radius 3 is 2.90 bits per heavy atom. The normalized spacial score (nSPS) is 14.6. The second-order valence-electron chi connectivity index (χ2n) is 5.80. The van der Waals surface area contributed by atoms with Crippen LogP contribution < -0.4 is 0 Å². The van der Waals surface area contributed by atoms with Crippen molar-refractivity contribution in [2.75, 3.05) is 0 Å². The fourth-order valence-corrected chi connectivity index (χ4v) is 3.79. The Morgan fingerprint density at radius 1 is 1.24 bits per heavy atom. The minimum atomic E-state index is 0.750. The van der Waals surface area contributed by atoms with Gasteiger partial charge in [-0.25, -0.2) is 4.68 Å². The monoisotopic (exact) mass is 298 g/mol. The molecular weight excluding hydrogens is 280 g/mol. The van der Waals surface area contributed by atoms with E-state index in [1.807, 2.05) is 18.7 Å². The van der Waals surface area contributed by atoms with E-state index < -0.39 is 0 Å². The van der Waals surface area contributed by atoms with Crippen molar-refractivity contribution in [1.29, 1.82) is 0 Å². The lowest BCUT2D eigenvalue weighted by atomic mass is 9.90. The highest BCUT2D eigenvalue weighted by molar-refractivity contribution is 7.71. The number of nitrogens with one attached hydrogen (secondary N) is 1. The largest absolute Gasteiger partial charge is 0.327 e. The van der Waals surface area contributed by atoms with Crippen molar-refractivity contribution in [3.05, 3.63) is 39.8 Å². The van der Waals surface area contributed by atoms with Gasteiger partial charge in [0.2, 0.25) is 0 Å². The van der Waals surface area contributed by atoms with Gasteiger partial charge in [-0.05, 0) is 62.0 Å². The van der Waals surface area contributed by atoms with Gasteiger partial charge in [0.1, 0.15) is 5.52 Å². The van der Waals surface area contributed by atoms with Gasteiger partial charge in [-0.1, -0.05) is 12.1 Å². The third-order valence-electron chi connectivity index (χ3n) is 4.45. The first kappa shape index (κ1) is 12.8. The number of hydrogen-bond donors (Lipinski definition) is 1. The van der Waals surface area contributed by atoms with Gasteiger partial charge in [0, 0.05) is 7.05 Å². The Hall–Kier alpha value is -1.88. The summed E-state index contributed by atoms with van der Waals surface area (Å²) in [5, 5.41) is 4.51. The van der Waals surface area contributed by atoms with E-state index in [-0.39, 0.29) is 0 Å². The number of H-pyrrole nitrogens is 1. The Balaban J connectivity index is 2.08. The number of benzene rings is 1. The Morgan fingerprint density at radius 2 is 2.05 bits per heavy atom. The Kier molecular flexibility index (Phi) is 2.79. The summed E-state index contributed by atoms with van der Waals surface area (Å²) in [5.41, 5.74) is 7.20. The molecule has 21 heavy (non-hydrogen) atoms. The molecule has 0 fully saturated rings. The topological polar surface area (TPSA) is 38.5 Å². The molecule has 1 aromatic carbocycles. The molecule has 0 saturated heterocycles. The number of aromatic amines is 1. The molecule has 3 aromatic rings. The number of rotatable bonds is 1. The minimum absolute atomic E-state index is 0.750. The van der Waals surface area contributed by atoms with E-state index in [1.165, 1.54) is 36.1 Å². The first-order valence-corrected chi connectivity index (χ1v) is 7.83. The van der Waals surface area contributed by atoms with Crippen molar-refractivity contribution in [3.8, 4) is 5.69 Å². The maximum absolute atomic E-state index is 5.58. The lowest BCUT2D eigenvalue weighted by Crippen LogP contribution is -2.09.